The largest absolute Gasteiger partial charge is 0.307 e. The van der Waals surface area contributed by atoms with Gasteiger partial charge in [-0.25, -0.2) is 18.4 Å². The SMILES string of the molecule is Cc1nn(CC(=O)Nc2nn(Cc3ccc(Cl)cc3)cc2Br)c2nc(-c3ccccc3)cc(C(F)F)c12. The Kier molecular flexibility index (Phi) is 7.03. The van der Waals surface area contributed by atoms with Crippen LogP contribution in [-0.4, -0.2) is 30.5 Å². The molecule has 0 spiro atoms. The maximum absolute atomic E-state index is 14.0. The smallest absolute Gasteiger partial charge is 0.264 e. The van der Waals surface area contributed by atoms with E-state index in [0.29, 0.717) is 38.8 Å². The summed E-state index contributed by atoms with van der Waals surface area (Å²) in [6.45, 7) is 1.88. The molecule has 3 heterocycles. The summed E-state index contributed by atoms with van der Waals surface area (Å²) in [7, 11) is 0. The number of hydrogen-bond donors (Lipinski definition) is 1. The van der Waals surface area contributed by atoms with Crippen molar-refractivity contribution >= 4 is 50.3 Å². The van der Waals surface area contributed by atoms with E-state index in [-0.39, 0.29) is 23.1 Å². The number of alkyl halides is 2. The van der Waals surface area contributed by atoms with Gasteiger partial charge in [-0.05, 0) is 46.6 Å². The molecule has 2 aromatic carbocycles. The van der Waals surface area contributed by atoms with E-state index in [1.54, 1.807) is 42.1 Å². The zero-order valence-electron chi connectivity index (χ0n) is 19.5. The van der Waals surface area contributed by atoms with Gasteiger partial charge in [0.05, 0.1) is 27.8 Å². The Morgan fingerprint density at radius 3 is 2.54 bits per heavy atom. The second-order valence-corrected chi connectivity index (χ2v) is 9.69. The van der Waals surface area contributed by atoms with Crippen LogP contribution in [0.1, 0.15) is 23.2 Å². The molecule has 0 atom stereocenters. The zero-order valence-corrected chi connectivity index (χ0v) is 21.8. The van der Waals surface area contributed by atoms with E-state index < -0.39 is 12.3 Å². The van der Waals surface area contributed by atoms with E-state index >= 15 is 0 Å². The number of aromatic nitrogens is 5. The van der Waals surface area contributed by atoms with Crippen molar-refractivity contribution < 1.29 is 13.6 Å². The normalized spacial score (nSPS) is 11.4. The van der Waals surface area contributed by atoms with E-state index in [1.807, 2.05) is 30.3 Å². The fraction of sp³-hybridized carbons (Fsp3) is 0.154. The molecule has 188 valence electrons. The second kappa shape index (κ2) is 10.4. The Balaban J connectivity index is 1.41. The van der Waals surface area contributed by atoms with Crippen LogP contribution in [-0.2, 0) is 17.9 Å². The first-order chi connectivity index (χ1) is 17.8. The Labute approximate surface area is 224 Å². The molecule has 3 aromatic heterocycles. The highest BCUT2D eigenvalue weighted by Crippen LogP contribution is 2.33. The van der Waals surface area contributed by atoms with Crippen LogP contribution in [0.25, 0.3) is 22.3 Å². The minimum Gasteiger partial charge on any atom is -0.307 e. The summed E-state index contributed by atoms with van der Waals surface area (Å²) in [6.07, 6.45) is -0.973. The minimum atomic E-state index is -2.72. The first-order valence-electron chi connectivity index (χ1n) is 11.3. The van der Waals surface area contributed by atoms with Crippen LogP contribution < -0.4 is 5.32 Å². The number of hydrogen-bond acceptors (Lipinski definition) is 4. The minimum absolute atomic E-state index is 0.170. The van der Waals surface area contributed by atoms with Gasteiger partial charge in [0.1, 0.15) is 6.54 Å². The van der Waals surface area contributed by atoms with Crippen molar-refractivity contribution in [3.8, 4) is 11.3 Å². The van der Waals surface area contributed by atoms with Crippen molar-refractivity contribution in [2.75, 3.05) is 5.32 Å². The number of rotatable bonds is 7. The number of anilines is 1. The molecule has 0 bridgehead atoms. The fourth-order valence-corrected chi connectivity index (χ4v) is 4.61. The topological polar surface area (TPSA) is 77.6 Å². The molecule has 5 rings (SSSR count). The van der Waals surface area contributed by atoms with Gasteiger partial charge in [-0.3, -0.25) is 9.48 Å². The number of aryl methyl sites for hydroxylation is 1. The molecular weight excluding hydrogens is 566 g/mol. The summed E-state index contributed by atoms with van der Waals surface area (Å²) in [6, 6.07) is 17.8. The monoisotopic (exact) mass is 584 g/mol. The molecule has 0 saturated carbocycles. The number of fused-ring (bicyclic) bond motifs is 1. The molecule has 0 aliphatic rings. The van der Waals surface area contributed by atoms with Crippen LogP contribution >= 0.6 is 27.5 Å². The molecule has 0 radical (unpaired) electrons. The van der Waals surface area contributed by atoms with Gasteiger partial charge < -0.3 is 5.32 Å². The maximum atomic E-state index is 14.0. The lowest BCUT2D eigenvalue weighted by Gasteiger charge is -2.09. The standard InChI is InChI=1S/C26H20BrClF2N6O/c1-15-23-19(24(29)30)11-21(17-5-3-2-4-6-17)31-26(23)36(33-15)14-22(37)32-25-20(27)13-35(34-25)12-16-7-9-18(28)10-8-16/h2-11,13,24H,12,14H2,1H3,(H,32,34,37). The predicted molar refractivity (Wildman–Crippen MR) is 142 cm³/mol. The summed E-state index contributed by atoms with van der Waals surface area (Å²) in [5.41, 5.74) is 2.49. The van der Waals surface area contributed by atoms with Crippen LogP contribution in [0, 0.1) is 6.92 Å². The number of nitrogens with zero attached hydrogens (tertiary/aromatic N) is 5. The summed E-state index contributed by atoms with van der Waals surface area (Å²) < 4.78 is 31.6. The van der Waals surface area contributed by atoms with Gasteiger partial charge in [0, 0.05) is 22.3 Å². The summed E-state index contributed by atoms with van der Waals surface area (Å²) in [5, 5.41) is 12.4. The molecule has 0 saturated heterocycles. The van der Waals surface area contributed by atoms with E-state index in [0.717, 1.165) is 5.56 Å². The highest BCUT2D eigenvalue weighted by atomic mass is 79.9. The van der Waals surface area contributed by atoms with E-state index in [2.05, 4.69) is 36.4 Å². The van der Waals surface area contributed by atoms with Crippen molar-refractivity contribution in [1.82, 2.24) is 24.5 Å². The molecule has 5 aromatic rings. The molecule has 0 aliphatic carbocycles. The number of carbonyl (C=O) groups is 1. The van der Waals surface area contributed by atoms with Crippen molar-refractivity contribution in [2.24, 2.45) is 0 Å². The number of benzene rings is 2. The number of nitrogens with one attached hydrogen (secondary N) is 1. The van der Waals surface area contributed by atoms with Crippen LogP contribution in [0.5, 0.6) is 0 Å². The van der Waals surface area contributed by atoms with E-state index in [4.69, 9.17) is 11.6 Å². The van der Waals surface area contributed by atoms with Gasteiger partial charge >= 0.3 is 0 Å². The molecule has 7 nitrogen and oxygen atoms in total. The summed E-state index contributed by atoms with van der Waals surface area (Å²) >= 11 is 9.37. The molecule has 0 unspecified atom stereocenters. The third kappa shape index (κ3) is 5.40. The number of pyridine rings is 1. The lowest BCUT2D eigenvalue weighted by molar-refractivity contribution is -0.116. The average molecular weight is 586 g/mol. The van der Waals surface area contributed by atoms with E-state index in [1.165, 1.54) is 10.7 Å². The van der Waals surface area contributed by atoms with Gasteiger partial charge in [0.2, 0.25) is 5.91 Å². The lowest BCUT2D eigenvalue weighted by Crippen LogP contribution is -2.20. The molecule has 1 N–H and O–H groups in total. The van der Waals surface area contributed by atoms with Gasteiger partial charge in [-0.15, -0.1) is 0 Å². The lowest BCUT2D eigenvalue weighted by atomic mass is 10.1. The Bertz CT molecular complexity index is 1580. The molecule has 0 aliphatic heterocycles. The van der Waals surface area contributed by atoms with Gasteiger partial charge in [0.25, 0.3) is 6.43 Å². The van der Waals surface area contributed by atoms with Crippen LogP contribution in [0.2, 0.25) is 5.02 Å². The van der Waals surface area contributed by atoms with E-state index in [9.17, 15) is 13.6 Å². The molecule has 37 heavy (non-hydrogen) atoms. The predicted octanol–water partition coefficient (Wildman–Crippen LogP) is 6.64. The highest BCUT2D eigenvalue weighted by Gasteiger charge is 2.22. The van der Waals surface area contributed by atoms with Crippen molar-refractivity contribution in [3.05, 3.63) is 93.2 Å². The van der Waals surface area contributed by atoms with Crippen molar-refractivity contribution in [2.45, 2.75) is 26.4 Å². The number of carbonyl (C=O) groups excluding carboxylic acids is 1. The Morgan fingerprint density at radius 1 is 1.11 bits per heavy atom. The second-order valence-electron chi connectivity index (χ2n) is 8.40. The molecule has 11 heteroatoms. The first-order valence-corrected chi connectivity index (χ1v) is 12.4. The first kappa shape index (κ1) is 25.0. The zero-order chi connectivity index (χ0) is 26.1. The number of amides is 1. The summed E-state index contributed by atoms with van der Waals surface area (Å²) in [4.78, 5) is 17.5. The highest BCUT2D eigenvalue weighted by molar-refractivity contribution is 9.10. The average Bonchev–Trinajstić information content (AvgIpc) is 3.38. The van der Waals surface area contributed by atoms with Gasteiger partial charge in [-0.2, -0.15) is 10.2 Å². The third-order valence-electron chi connectivity index (χ3n) is 5.74. The molecular formula is C26H20BrClF2N6O. The maximum Gasteiger partial charge on any atom is 0.264 e. The van der Waals surface area contributed by atoms with Gasteiger partial charge in [0.15, 0.2) is 11.5 Å². The van der Waals surface area contributed by atoms with Crippen LogP contribution in [0.4, 0.5) is 14.6 Å². The molecule has 1 amide bonds. The van der Waals surface area contributed by atoms with Crippen LogP contribution in [0.15, 0.2) is 71.3 Å². The van der Waals surface area contributed by atoms with Crippen LogP contribution in [0.3, 0.4) is 0 Å². The van der Waals surface area contributed by atoms with Gasteiger partial charge in [-0.1, -0.05) is 54.1 Å². The number of halogens is 4. The Hall–Kier alpha value is -3.63. The third-order valence-corrected chi connectivity index (χ3v) is 6.57. The quantitative estimate of drug-likeness (QED) is 0.232. The van der Waals surface area contributed by atoms with Crippen molar-refractivity contribution in [1.29, 1.82) is 0 Å². The van der Waals surface area contributed by atoms with Crippen molar-refractivity contribution in [3.63, 3.8) is 0 Å². The Morgan fingerprint density at radius 2 is 1.84 bits per heavy atom. The summed E-state index contributed by atoms with van der Waals surface area (Å²) in [5.74, 6) is -0.0919. The molecule has 0 fully saturated rings. The fourth-order valence-electron chi connectivity index (χ4n) is 4.07.